The van der Waals surface area contributed by atoms with Crippen LogP contribution in [-0.2, 0) is 4.79 Å². The third kappa shape index (κ3) is 4.85. The third-order valence-electron chi connectivity index (χ3n) is 4.00. The summed E-state index contributed by atoms with van der Waals surface area (Å²) >= 11 is 0. The minimum atomic E-state index is 0.0994. The molecule has 1 aromatic carbocycles. The van der Waals surface area contributed by atoms with Gasteiger partial charge >= 0.3 is 0 Å². The summed E-state index contributed by atoms with van der Waals surface area (Å²) in [6.45, 7) is 9.51. The summed E-state index contributed by atoms with van der Waals surface area (Å²) in [6, 6.07) is 7.06. The van der Waals surface area contributed by atoms with Crippen LogP contribution in [0.4, 0.5) is 5.69 Å². The molecule has 0 bridgehead atoms. The molecule has 0 aromatic heterocycles. The Morgan fingerprint density at radius 2 is 1.90 bits per heavy atom. The molecule has 116 valence electrons. The second kappa shape index (κ2) is 7.08. The summed E-state index contributed by atoms with van der Waals surface area (Å²) in [4.78, 5) is 12.1. The molecule has 1 amide bonds. The Morgan fingerprint density at radius 3 is 2.48 bits per heavy atom. The zero-order chi connectivity index (χ0) is 15.4. The molecular weight excluding hydrogens is 260 g/mol. The summed E-state index contributed by atoms with van der Waals surface area (Å²) in [7, 11) is 0. The van der Waals surface area contributed by atoms with Crippen LogP contribution in [0.15, 0.2) is 18.2 Å². The van der Waals surface area contributed by atoms with E-state index in [1.807, 2.05) is 0 Å². The number of rotatable bonds is 7. The lowest BCUT2D eigenvalue weighted by atomic mass is 9.94. The molecule has 1 saturated carbocycles. The lowest BCUT2D eigenvalue weighted by molar-refractivity contribution is -0.116. The van der Waals surface area contributed by atoms with Gasteiger partial charge < -0.3 is 10.6 Å². The quantitative estimate of drug-likeness (QED) is 0.796. The molecule has 0 saturated heterocycles. The van der Waals surface area contributed by atoms with E-state index >= 15 is 0 Å². The molecule has 2 N–H and O–H groups in total. The predicted octanol–water partition coefficient (Wildman–Crippen LogP) is 4.01. The van der Waals surface area contributed by atoms with Crippen LogP contribution in [0.25, 0.3) is 0 Å². The fraction of sp³-hybridized carbons (Fsp3) is 0.611. The lowest BCUT2D eigenvalue weighted by Crippen LogP contribution is -2.23. The molecule has 0 unspecified atom stereocenters. The minimum Gasteiger partial charge on any atom is -0.326 e. The van der Waals surface area contributed by atoms with Crippen molar-refractivity contribution in [3.63, 3.8) is 0 Å². The van der Waals surface area contributed by atoms with Crippen molar-refractivity contribution in [2.24, 2.45) is 0 Å². The molecule has 21 heavy (non-hydrogen) atoms. The van der Waals surface area contributed by atoms with Gasteiger partial charge in [0, 0.05) is 24.7 Å². The van der Waals surface area contributed by atoms with Gasteiger partial charge in [-0.2, -0.15) is 0 Å². The van der Waals surface area contributed by atoms with Crippen LogP contribution in [0.1, 0.15) is 69.9 Å². The highest BCUT2D eigenvalue weighted by Crippen LogP contribution is 2.28. The van der Waals surface area contributed by atoms with E-state index in [0.717, 1.165) is 12.2 Å². The van der Waals surface area contributed by atoms with Crippen molar-refractivity contribution in [2.75, 3.05) is 11.9 Å². The maximum atomic E-state index is 12.1. The number of amides is 1. The second-order valence-corrected chi connectivity index (χ2v) is 6.68. The van der Waals surface area contributed by atoms with Crippen LogP contribution < -0.4 is 10.6 Å². The number of hydrogen-bond donors (Lipinski definition) is 2. The second-order valence-electron chi connectivity index (χ2n) is 6.68. The van der Waals surface area contributed by atoms with Crippen molar-refractivity contribution < 1.29 is 4.79 Å². The van der Waals surface area contributed by atoms with E-state index in [2.05, 4.69) is 56.5 Å². The Hall–Kier alpha value is -1.35. The van der Waals surface area contributed by atoms with Gasteiger partial charge in [0.15, 0.2) is 0 Å². The molecule has 1 fully saturated rings. The van der Waals surface area contributed by atoms with Crippen LogP contribution in [-0.4, -0.2) is 18.5 Å². The Morgan fingerprint density at radius 1 is 1.19 bits per heavy atom. The molecule has 0 radical (unpaired) electrons. The van der Waals surface area contributed by atoms with Crippen LogP contribution >= 0.6 is 0 Å². The van der Waals surface area contributed by atoms with Crippen LogP contribution in [0.5, 0.6) is 0 Å². The number of nitrogens with one attached hydrogen (secondary N) is 2. The predicted molar refractivity (Wildman–Crippen MR) is 88.9 cm³/mol. The van der Waals surface area contributed by atoms with Gasteiger partial charge in [0.1, 0.15) is 0 Å². The summed E-state index contributed by atoms with van der Waals surface area (Å²) in [5, 5.41) is 6.45. The number of carbonyl (C=O) groups is 1. The highest BCUT2D eigenvalue weighted by molar-refractivity contribution is 5.91. The molecular formula is C18H28N2O. The van der Waals surface area contributed by atoms with E-state index < -0.39 is 0 Å². The molecule has 0 atom stereocenters. The first kappa shape index (κ1) is 16.0. The van der Waals surface area contributed by atoms with Crippen molar-refractivity contribution >= 4 is 11.6 Å². The van der Waals surface area contributed by atoms with Gasteiger partial charge in [0.05, 0.1) is 0 Å². The topological polar surface area (TPSA) is 41.1 Å². The Kier molecular flexibility index (Phi) is 5.40. The first-order chi connectivity index (χ1) is 9.97. The van der Waals surface area contributed by atoms with Gasteiger partial charge in [0.25, 0.3) is 0 Å². The van der Waals surface area contributed by atoms with E-state index in [0.29, 0.717) is 24.3 Å². The zero-order valence-electron chi connectivity index (χ0n) is 13.7. The first-order valence-corrected chi connectivity index (χ1v) is 8.14. The average Bonchev–Trinajstić information content (AvgIpc) is 3.22. The third-order valence-corrected chi connectivity index (χ3v) is 4.00. The van der Waals surface area contributed by atoms with Crippen LogP contribution in [0, 0.1) is 0 Å². The van der Waals surface area contributed by atoms with Gasteiger partial charge in [-0.1, -0.05) is 39.8 Å². The van der Waals surface area contributed by atoms with Crippen LogP contribution in [0.2, 0.25) is 0 Å². The number of carbonyl (C=O) groups excluding carboxylic acids is 1. The van der Waals surface area contributed by atoms with Crippen molar-refractivity contribution in [1.82, 2.24) is 5.32 Å². The molecule has 0 aliphatic heterocycles. The highest BCUT2D eigenvalue weighted by Gasteiger charge is 2.20. The van der Waals surface area contributed by atoms with Crippen molar-refractivity contribution in [3.8, 4) is 0 Å². The summed E-state index contributed by atoms with van der Waals surface area (Å²) < 4.78 is 0. The van der Waals surface area contributed by atoms with E-state index in [1.165, 1.54) is 24.0 Å². The largest absolute Gasteiger partial charge is 0.326 e. The SMILES string of the molecule is CC(C)c1ccc(NC(=O)CCNC2CC2)c(C(C)C)c1. The molecule has 0 heterocycles. The van der Waals surface area contributed by atoms with Gasteiger partial charge in [-0.05, 0) is 41.9 Å². The molecule has 3 heteroatoms. The number of benzene rings is 1. The Labute approximate surface area is 128 Å². The first-order valence-electron chi connectivity index (χ1n) is 8.14. The summed E-state index contributed by atoms with van der Waals surface area (Å²) in [5.41, 5.74) is 3.52. The van der Waals surface area contributed by atoms with Gasteiger partial charge in [-0.25, -0.2) is 0 Å². The summed E-state index contributed by atoms with van der Waals surface area (Å²) in [5.74, 6) is 1.01. The van der Waals surface area contributed by atoms with Gasteiger partial charge in [0.2, 0.25) is 5.91 Å². The molecule has 1 aromatic rings. The van der Waals surface area contributed by atoms with Crippen molar-refractivity contribution in [2.45, 2.75) is 64.8 Å². The van der Waals surface area contributed by atoms with E-state index in [9.17, 15) is 4.79 Å². The molecule has 0 spiro atoms. The highest BCUT2D eigenvalue weighted by atomic mass is 16.1. The number of hydrogen-bond acceptors (Lipinski definition) is 2. The normalized spacial score (nSPS) is 14.8. The Bertz CT molecular complexity index is 490. The van der Waals surface area contributed by atoms with E-state index in [-0.39, 0.29) is 5.91 Å². The van der Waals surface area contributed by atoms with Crippen molar-refractivity contribution in [3.05, 3.63) is 29.3 Å². The van der Waals surface area contributed by atoms with E-state index in [4.69, 9.17) is 0 Å². The summed E-state index contributed by atoms with van der Waals surface area (Å²) in [6.07, 6.45) is 3.06. The Balaban J connectivity index is 1.98. The zero-order valence-corrected chi connectivity index (χ0v) is 13.7. The lowest BCUT2D eigenvalue weighted by Gasteiger charge is -2.17. The fourth-order valence-corrected chi connectivity index (χ4v) is 2.42. The molecule has 1 aliphatic rings. The molecule has 2 rings (SSSR count). The monoisotopic (exact) mass is 288 g/mol. The fourth-order valence-electron chi connectivity index (χ4n) is 2.42. The molecule has 3 nitrogen and oxygen atoms in total. The average molecular weight is 288 g/mol. The standard InChI is InChI=1S/C18H28N2O/c1-12(2)14-5-8-17(16(11-14)13(3)4)20-18(21)9-10-19-15-6-7-15/h5,8,11-13,15,19H,6-7,9-10H2,1-4H3,(H,20,21). The maximum absolute atomic E-state index is 12.1. The maximum Gasteiger partial charge on any atom is 0.225 e. The minimum absolute atomic E-state index is 0.0994. The van der Waals surface area contributed by atoms with Gasteiger partial charge in [-0.3, -0.25) is 4.79 Å². The van der Waals surface area contributed by atoms with E-state index in [1.54, 1.807) is 0 Å². The van der Waals surface area contributed by atoms with Gasteiger partial charge in [-0.15, -0.1) is 0 Å². The molecule has 1 aliphatic carbocycles. The number of anilines is 1. The smallest absolute Gasteiger partial charge is 0.225 e. The van der Waals surface area contributed by atoms with Crippen LogP contribution in [0.3, 0.4) is 0 Å². The van der Waals surface area contributed by atoms with Crippen molar-refractivity contribution in [1.29, 1.82) is 0 Å².